The van der Waals surface area contributed by atoms with Crippen LogP contribution in [0.5, 0.6) is 5.75 Å². The van der Waals surface area contributed by atoms with Crippen LogP contribution in [0.1, 0.15) is 54.7 Å². The smallest absolute Gasteiger partial charge is 0.166 e. The van der Waals surface area contributed by atoms with E-state index in [1.54, 1.807) is 12.1 Å². The van der Waals surface area contributed by atoms with Crippen molar-refractivity contribution >= 4 is 5.78 Å². The third-order valence-electron chi connectivity index (χ3n) is 5.66. The van der Waals surface area contributed by atoms with Crippen LogP contribution in [-0.2, 0) is 6.42 Å². The Morgan fingerprint density at radius 2 is 1.52 bits per heavy atom. The Kier molecular flexibility index (Phi) is 8.81. The largest absolute Gasteiger partial charge is 0.490 e. The normalized spacial score (nSPS) is 13.3. The van der Waals surface area contributed by atoms with E-state index < -0.39 is 6.10 Å². The van der Waals surface area contributed by atoms with Gasteiger partial charge in [-0.25, -0.2) is 0 Å². The van der Waals surface area contributed by atoms with Crippen molar-refractivity contribution in [2.45, 2.75) is 45.8 Å². The summed E-state index contributed by atoms with van der Waals surface area (Å²) in [6.07, 6.45) is 0.401. The number of aliphatic hydroxyl groups is 1. The van der Waals surface area contributed by atoms with Gasteiger partial charge in [-0.1, -0.05) is 93.6 Å². The van der Waals surface area contributed by atoms with Gasteiger partial charge in [-0.15, -0.1) is 0 Å². The minimum Gasteiger partial charge on any atom is -0.490 e. The summed E-state index contributed by atoms with van der Waals surface area (Å²) in [4.78, 5) is 12.8. The van der Waals surface area contributed by atoms with Crippen LogP contribution in [0.2, 0.25) is 0 Å². The highest BCUT2D eigenvalue weighted by Gasteiger charge is 2.26. The summed E-state index contributed by atoms with van der Waals surface area (Å²) in [5.74, 6) is 0.559. The maximum Gasteiger partial charge on any atom is 0.166 e. The standard InChI is InChI=1S/C29H35NO3/c1-29(2,3)28(23-14-8-5-9-15-23)30-20-24(31)21-33-27-17-11-10-16-25(27)26(32)19-18-22-12-6-4-7-13-22/h4-17,24,28,30-31H,18-21H2,1-3H3. The molecule has 3 aromatic carbocycles. The number of ether oxygens (including phenoxy) is 1. The molecule has 0 aliphatic heterocycles. The zero-order valence-corrected chi connectivity index (χ0v) is 19.8. The van der Waals surface area contributed by atoms with Crippen molar-refractivity contribution < 1.29 is 14.6 Å². The van der Waals surface area contributed by atoms with E-state index >= 15 is 0 Å². The lowest BCUT2D eigenvalue weighted by atomic mass is 9.82. The number of aryl methyl sites for hydroxylation is 1. The maximum atomic E-state index is 12.8. The lowest BCUT2D eigenvalue weighted by Gasteiger charge is -2.33. The number of ketones is 1. The summed E-state index contributed by atoms with van der Waals surface area (Å²) in [5.41, 5.74) is 2.87. The van der Waals surface area contributed by atoms with Gasteiger partial charge in [0, 0.05) is 19.0 Å². The first-order valence-corrected chi connectivity index (χ1v) is 11.6. The fourth-order valence-corrected chi connectivity index (χ4v) is 3.93. The monoisotopic (exact) mass is 445 g/mol. The highest BCUT2D eigenvalue weighted by Crippen LogP contribution is 2.32. The van der Waals surface area contributed by atoms with Gasteiger partial charge in [0.05, 0.1) is 5.56 Å². The van der Waals surface area contributed by atoms with Crippen LogP contribution in [-0.4, -0.2) is 30.1 Å². The van der Waals surface area contributed by atoms with Gasteiger partial charge in [0.15, 0.2) is 5.78 Å². The number of nitrogens with one attached hydrogen (secondary N) is 1. The third kappa shape index (κ3) is 7.55. The van der Waals surface area contributed by atoms with Crippen molar-refractivity contribution in [2.75, 3.05) is 13.2 Å². The Balaban J connectivity index is 1.55. The SMILES string of the molecule is CC(C)(C)C(NCC(O)COc1ccccc1C(=O)CCc1ccccc1)c1ccccc1. The van der Waals surface area contributed by atoms with Gasteiger partial charge in [-0.2, -0.15) is 0 Å². The number of benzene rings is 3. The molecule has 0 radical (unpaired) electrons. The number of carbonyl (C=O) groups is 1. The van der Waals surface area contributed by atoms with Gasteiger partial charge in [0.25, 0.3) is 0 Å². The second-order valence-corrected chi connectivity index (χ2v) is 9.49. The average molecular weight is 446 g/mol. The molecule has 0 aromatic heterocycles. The molecular weight excluding hydrogens is 410 g/mol. The summed E-state index contributed by atoms with van der Waals surface area (Å²) >= 11 is 0. The quantitative estimate of drug-likeness (QED) is 0.376. The van der Waals surface area contributed by atoms with Crippen LogP contribution in [0.4, 0.5) is 0 Å². The second-order valence-electron chi connectivity index (χ2n) is 9.49. The van der Waals surface area contributed by atoms with Crippen molar-refractivity contribution in [3.05, 3.63) is 102 Å². The molecule has 0 saturated heterocycles. The van der Waals surface area contributed by atoms with Crippen molar-refractivity contribution in [1.82, 2.24) is 5.32 Å². The molecule has 2 atom stereocenters. The molecule has 0 fully saturated rings. The Hall–Kier alpha value is -2.95. The fourth-order valence-electron chi connectivity index (χ4n) is 3.93. The number of Topliss-reactive ketones (excluding diaryl/α,β-unsaturated/α-hetero) is 1. The molecule has 2 N–H and O–H groups in total. The molecule has 0 bridgehead atoms. The van der Waals surface area contributed by atoms with Gasteiger partial charge >= 0.3 is 0 Å². The van der Waals surface area contributed by atoms with E-state index in [9.17, 15) is 9.90 Å². The molecule has 4 heteroatoms. The summed E-state index contributed by atoms with van der Waals surface area (Å²) in [7, 11) is 0. The van der Waals surface area contributed by atoms with E-state index in [4.69, 9.17) is 4.74 Å². The van der Waals surface area contributed by atoms with Gasteiger partial charge < -0.3 is 15.2 Å². The summed E-state index contributed by atoms with van der Waals surface area (Å²) in [6, 6.07) is 27.6. The molecule has 0 amide bonds. The molecule has 0 saturated carbocycles. The van der Waals surface area contributed by atoms with E-state index in [-0.39, 0.29) is 23.8 Å². The van der Waals surface area contributed by atoms with Gasteiger partial charge in [-0.05, 0) is 35.1 Å². The van der Waals surface area contributed by atoms with Crippen LogP contribution in [0.15, 0.2) is 84.9 Å². The van der Waals surface area contributed by atoms with E-state index in [2.05, 4.69) is 38.2 Å². The van der Waals surface area contributed by atoms with Crippen molar-refractivity contribution in [2.24, 2.45) is 5.41 Å². The first kappa shape index (κ1) is 24.7. The molecule has 0 heterocycles. The molecular formula is C29H35NO3. The first-order chi connectivity index (χ1) is 15.8. The minimum atomic E-state index is -0.703. The van der Waals surface area contributed by atoms with Crippen LogP contribution in [0, 0.1) is 5.41 Å². The average Bonchev–Trinajstić information content (AvgIpc) is 2.82. The van der Waals surface area contributed by atoms with Crippen LogP contribution < -0.4 is 10.1 Å². The number of hydrogen-bond acceptors (Lipinski definition) is 4. The van der Waals surface area contributed by atoms with E-state index in [1.165, 1.54) is 5.56 Å². The minimum absolute atomic E-state index is 0.0142. The van der Waals surface area contributed by atoms with Crippen molar-refractivity contribution in [3.63, 3.8) is 0 Å². The third-order valence-corrected chi connectivity index (χ3v) is 5.66. The van der Waals surface area contributed by atoms with Crippen LogP contribution in [0.3, 0.4) is 0 Å². The van der Waals surface area contributed by atoms with Crippen LogP contribution in [0.25, 0.3) is 0 Å². The van der Waals surface area contributed by atoms with E-state index in [0.29, 0.717) is 30.7 Å². The van der Waals surface area contributed by atoms with Gasteiger partial charge in [0.1, 0.15) is 18.5 Å². The maximum absolute atomic E-state index is 12.8. The second kappa shape index (κ2) is 11.8. The number of rotatable bonds is 11. The topological polar surface area (TPSA) is 58.6 Å². The number of aliphatic hydroxyl groups excluding tert-OH is 1. The number of hydrogen-bond donors (Lipinski definition) is 2. The molecule has 3 rings (SSSR count). The highest BCUT2D eigenvalue weighted by atomic mass is 16.5. The van der Waals surface area contributed by atoms with Crippen molar-refractivity contribution in [3.8, 4) is 5.75 Å². The van der Waals surface area contributed by atoms with Gasteiger partial charge in [0.2, 0.25) is 0 Å². The zero-order valence-electron chi connectivity index (χ0n) is 19.8. The molecule has 0 aliphatic carbocycles. The van der Waals surface area contributed by atoms with E-state index in [0.717, 1.165) is 5.56 Å². The lowest BCUT2D eigenvalue weighted by molar-refractivity contribution is 0.0919. The summed E-state index contributed by atoms with van der Waals surface area (Å²) < 4.78 is 5.88. The predicted molar refractivity (Wildman–Crippen MR) is 134 cm³/mol. The Labute approximate surface area is 197 Å². The zero-order chi connectivity index (χ0) is 23.7. The molecule has 33 heavy (non-hydrogen) atoms. The lowest BCUT2D eigenvalue weighted by Crippen LogP contribution is -2.39. The number of carbonyl (C=O) groups excluding carboxylic acids is 1. The van der Waals surface area contributed by atoms with E-state index in [1.807, 2.05) is 60.7 Å². The molecule has 2 unspecified atom stereocenters. The molecule has 174 valence electrons. The Morgan fingerprint density at radius 3 is 2.18 bits per heavy atom. The highest BCUT2D eigenvalue weighted by molar-refractivity contribution is 5.98. The molecule has 4 nitrogen and oxygen atoms in total. The molecule has 0 aliphatic rings. The Morgan fingerprint density at radius 1 is 0.909 bits per heavy atom. The predicted octanol–water partition coefficient (Wildman–Crippen LogP) is 5.62. The Bertz CT molecular complexity index is 996. The van der Waals surface area contributed by atoms with Crippen molar-refractivity contribution in [1.29, 1.82) is 0 Å². The van der Waals surface area contributed by atoms with Crippen LogP contribution >= 0.6 is 0 Å². The summed E-state index contributed by atoms with van der Waals surface area (Å²) in [6.45, 7) is 7.04. The summed E-state index contributed by atoms with van der Waals surface area (Å²) in [5, 5.41) is 14.1. The first-order valence-electron chi connectivity index (χ1n) is 11.6. The number of para-hydroxylation sites is 1. The van der Waals surface area contributed by atoms with Gasteiger partial charge in [-0.3, -0.25) is 4.79 Å². The molecule has 3 aromatic rings. The molecule has 0 spiro atoms. The fraction of sp³-hybridized carbons (Fsp3) is 0.345.